The van der Waals surface area contributed by atoms with Crippen LogP contribution in [0.4, 0.5) is 4.39 Å². The van der Waals surface area contributed by atoms with E-state index in [9.17, 15) is 4.39 Å². The average Bonchev–Trinajstić information content (AvgIpc) is 2.43. The molecular weight excluding hydrogens is 327 g/mol. The maximum absolute atomic E-state index is 12.9. The molecule has 0 spiro atoms. The van der Waals surface area contributed by atoms with Crippen LogP contribution in [0.5, 0.6) is 0 Å². The third-order valence-electron chi connectivity index (χ3n) is 3.09. The monoisotopic (exact) mass is 340 g/mol. The molecule has 0 radical (unpaired) electrons. The molecule has 0 nitrogen and oxygen atoms in total. The standard InChI is InChI=1S/C16H15BrClF/c17-11-14(9-12-1-5-15(18)6-2-12)10-13-3-7-16(19)8-4-13/h1-8,14H,9-11H2. The molecule has 0 aromatic heterocycles. The molecule has 2 aromatic carbocycles. The summed E-state index contributed by atoms with van der Waals surface area (Å²) in [5, 5.41) is 1.69. The van der Waals surface area contributed by atoms with E-state index in [0.717, 1.165) is 23.2 Å². The first-order valence-corrected chi connectivity index (χ1v) is 7.72. The van der Waals surface area contributed by atoms with Gasteiger partial charge in [0.15, 0.2) is 0 Å². The predicted molar refractivity (Wildman–Crippen MR) is 82.5 cm³/mol. The molecule has 0 aliphatic rings. The lowest BCUT2D eigenvalue weighted by molar-refractivity contribution is 0.587. The van der Waals surface area contributed by atoms with E-state index >= 15 is 0 Å². The minimum atomic E-state index is -0.183. The molecule has 0 bridgehead atoms. The predicted octanol–water partition coefficient (Wildman–Crippen LogP) is 5.28. The Bertz CT molecular complexity index is 460. The van der Waals surface area contributed by atoms with E-state index < -0.39 is 0 Å². The molecule has 0 aliphatic heterocycles. The van der Waals surface area contributed by atoms with Crippen LogP contribution in [-0.4, -0.2) is 5.33 Å². The number of hydrogen-bond donors (Lipinski definition) is 0. The zero-order valence-corrected chi connectivity index (χ0v) is 12.8. The molecule has 0 saturated heterocycles. The zero-order valence-electron chi connectivity index (χ0n) is 10.5. The minimum Gasteiger partial charge on any atom is -0.207 e. The Morgan fingerprint density at radius 3 is 1.84 bits per heavy atom. The summed E-state index contributed by atoms with van der Waals surface area (Å²) in [5.74, 6) is 0.309. The van der Waals surface area contributed by atoms with Gasteiger partial charge in [-0.2, -0.15) is 0 Å². The maximum Gasteiger partial charge on any atom is 0.123 e. The van der Waals surface area contributed by atoms with Gasteiger partial charge in [0, 0.05) is 10.4 Å². The van der Waals surface area contributed by atoms with Crippen molar-refractivity contribution in [1.29, 1.82) is 0 Å². The topological polar surface area (TPSA) is 0 Å². The van der Waals surface area contributed by atoms with Gasteiger partial charge in [0.1, 0.15) is 5.82 Å². The van der Waals surface area contributed by atoms with E-state index in [1.165, 1.54) is 23.3 Å². The van der Waals surface area contributed by atoms with Gasteiger partial charge in [-0.3, -0.25) is 0 Å². The summed E-state index contributed by atoms with van der Waals surface area (Å²) >= 11 is 9.44. The van der Waals surface area contributed by atoms with Crippen molar-refractivity contribution < 1.29 is 4.39 Å². The largest absolute Gasteiger partial charge is 0.207 e. The maximum atomic E-state index is 12.9. The summed E-state index contributed by atoms with van der Waals surface area (Å²) in [4.78, 5) is 0. The molecule has 2 rings (SSSR count). The highest BCUT2D eigenvalue weighted by Crippen LogP contribution is 2.19. The molecule has 100 valence electrons. The van der Waals surface area contributed by atoms with Crippen molar-refractivity contribution in [2.24, 2.45) is 5.92 Å². The smallest absolute Gasteiger partial charge is 0.123 e. The molecule has 0 N–H and O–H groups in total. The summed E-state index contributed by atoms with van der Waals surface area (Å²) in [6, 6.07) is 14.7. The summed E-state index contributed by atoms with van der Waals surface area (Å²) in [5.41, 5.74) is 2.44. The first-order valence-electron chi connectivity index (χ1n) is 6.22. The molecule has 0 heterocycles. The first-order chi connectivity index (χ1) is 9.17. The van der Waals surface area contributed by atoms with E-state index in [4.69, 9.17) is 11.6 Å². The summed E-state index contributed by atoms with van der Waals surface area (Å²) in [7, 11) is 0. The van der Waals surface area contributed by atoms with Crippen LogP contribution in [0.2, 0.25) is 5.02 Å². The Hall–Kier alpha value is -0.860. The summed E-state index contributed by atoms with van der Waals surface area (Å²) in [6.07, 6.45) is 1.92. The zero-order chi connectivity index (χ0) is 13.7. The van der Waals surface area contributed by atoms with Crippen molar-refractivity contribution in [3.63, 3.8) is 0 Å². The quantitative estimate of drug-likeness (QED) is 0.649. The Kier molecular flexibility index (Phi) is 5.41. The molecule has 2 aromatic rings. The fraction of sp³-hybridized carbons (Fsp3) is 0.250. The number of halogens is 3. The van der Waals surface area contributed by atoms with Crippen LogP contribution in [0, 0.1) is 11.7 Å². The van der Waals surface area contributed by atoms with Crippen LogP contribution in [0.25, 0.3) is 0 Å². The fourth-order valence-electron chi connectivity index (χ4n) is 2.09. The Balaban J connectivity index is 2.00. The van der Waals surface area contributed by atoms with E-state index in [1.807, 2.05) is 24.3 Å². The van der Waals surface area contributed by atoms with Crippen LogP contribution in [0.3, 0.4) is 0 Å². The van der Waals surface area contributed by atoms with Crippen molar-refractivity contribution in [3.05, 3.63) is 70.5 Å². The average molecular weight is 342 g/mol. The molecule has 0 amide bonds. The number of hydrogen-bond acceptors (Lipinski definition) is 0. The molecule has 3 heteroatoms. The normalized spacial score (nSPS) is 12.4. The van der Waals surface area contributed by atoms with Gasteiger partial charge < -0.3 is 0 Å². The first kappa shape index (κ1) is 14.5. The fourth-order valence-corrected chi connectivity index (χ4v) is 2.67. The van der Waals surface area contributed by atoms with Gasteiger partial charge in [0.25, 0.3) is 0 Å². The van der Waals surface area contributed by atoms with Crippen LogP contribution in [-0.2, 0) is 12.8 Å². The SMILES string of the molecule is Fc1ccc(CC(CBr)Cc2ccc(Cl)cc2)cc1. The highest BCUT2D eigenvalue weighted by atomic mass is 79.9. The molecular formula is C16H15BrClF. The van der Waals surface area contributed by atoms with Gasteiger partial charge >= 0.3 is 0 Å². The second-order valence-electron chi connectivity index (χ2n) is 4.68. The van der Waals surface area contributed by atoms with Crippen LogP contribution in [0.15, 0.2) is 48.5 Å². The lowest BCUT2D eigenvalue weighted by atomic mass is 9.94. The van der Waals surface area contributed by atoms with Crippen molar-refractivity contribution in [2.75, 3.05) is 5.33 Å². The van der Waals surface area contributed by atoms with Gasteiger partial charge in [-0.25, -0.2) is 4.39 Å². The van der Waals surface area contributed by atoms with Crippen molar-refractivity contribution in [3.8, 4) is 0 Å². The van der Waals surface area contributed by atoms with Crippen molar-refractivity contribution >= 4 is 27.5 Å². The second kappa shape index (κ2) is 7.06. The molecule has 19 heavy (non-hydrogen) atoms. The van der Waals surface area contributed by atoms with Crippen LogP contribution in [0.1, 0.15) is 11.1 Å². The molecule has 0 saturated carbocycles. The molecule has 1 unspecified atom stereocenters. The van der Waals surface area contributed by atoms with Crippen LogP contribution >= 0.6 is 27.5 Å². The Morgan fingerprint density at radius 1 is 0.895 bits per heavy atom. The second-order valence-corrected chi connectivity index (χ2v) is 5.77. The number of benzene rings is 2. The van der Waals surface area contributed by atoms with Gasteiger partial charge in [-0.1, -0.05) is 51.8 Å². The molecule has 0 aliphatic carbocycles. The lowest BCUT2D eigenvalue weighted by Crippen LogP contribution is -2.10. The van der Waals surface area contributed by atoms with Gasteiger partial charge in [-0.15, -0.1) is 0 Å². The van der Waals surface area contributed by atoms with E-state index in [2.05, 4.69) is 28.1 Å². The lowest BCUT2D eigenvalue weighted by Gasteiger charge is -2.14. The minimum absolute atomic E-state index is 0.183. The van der Waals surface area contributed by atoms with Gasteiger partial charge in [0.2, 0.25) is 0 Å². The summed E-state index contributed by atoms with van der Waals surface area (Å²) < 4.78 is 12.9. The van der Waals surface area contributed by atoms with Gasteiger partial charge in [-0.05, 0) is 54.2 Å². The molecule has 0 fully saturated rings. The third kappa shape index (κ3) is 4.63. The van der Waals surface area contributed by atoms with Crippen molar-refractivity contribution in [2.45, 2.75) is 12.8 Å². The Morgan fingerprint density at radius 2 is 1.37 bits per heavy atom. The third-order valence-corrected chi connectivity index (χ3v) is 4.26. The summed E-state index contributed by atoms with van der Waals surface area (Å²) in [6.45, 7) is 0. The Labute approximate surface area is 126 Å². The molecule has 1 atom stereocenters. The van der Waals surface area contributed by atoms with Crippen molar-refractivity contribution in [1.82, 2.24) is 0 Å². The highest BCUT2D eigenvalue weighted by Gasteiger charge is 2.09. The van der Waals surface area contributed by atoms with Crippen LogP contribution < -0.4 is 0 Å². The number of rotatable bonds is 5. The van der Waals surface area contributed by atoms with Gasteiger partial charge in [0.05, 0.1) is 0 Å². The van der Waals surface area contributed by atoms with E-state index in [1.54, 1.807) is 0 Å². The van der Waals surface area contributed by atoms with E-state index in [0.29, 0.717) is 5.92 Å². The van der Waals surface area contributed by atoms with E-state index in [-0.39, 0.29) is 5.82 Å². The number of alkyl halides is 1. The highest BCUT2D eigenvalue weighted by molar-refractivity contribution is 9.09.